The third kappa shape index (κ3) is 6.78. The SMILES string of the molecule is C=CCOC(=O)c1ccc(OP(C)N(C)CCCCCl)cc1. The van der Waals surface area contributed by atoms with Crippen LogP contribution >= 0.6 is 19.9 Å². The second-order valence-corrected chi connectivity index (χ2v) is 6.92. The van der Waals surface area contributed by atoms with Crippen LogP contribution in [-0.4, -0.2) is 43.4 Å². The Bertz CT molecular complexity index is 467. The molecule has 1 atom stereocenters. The first-order chi connectivity index (χ1) is 10.6. The molecule has 0 saturated heterocycles. The van der Waals surface area contributed by atoms with Gasteiger partial charge in [-0.25, -0.2) is 4.79 Å². The van der Waals surface area contributed by atoms with Crippen LogP contribution in [0.4, 0.5) is 0 Å². The van der Waals surface area contributed by atoms with Crippen molar-refractivity contribution in [3.63, 3.8) is 0 Å². The van der Waals surface area contributed by atoms with Crippen molar-refractivity contribution in [1.29, 1.82) is 0 Å². The minimum Gasteiger partial charge on any atom is -0.458 e. The van der Waals surface area contributed by atoms with Gasteiger partial charge in [-0.3, -0.25) is 4.67 Å². The molecule has 0 aliphatic rings. The van der Waals surface area contributed by atoms with Gasteiger partial charge in [0.1, 0.15) is 12.4 Å². The highest BCUT2D eigenvalue weighted by Gasteiger charge is 2.12. The van der Waals surface area contributed by atoms with Crippen LogP contribution in [-0.2, 0) is 4.74 Å². The molecule has 22 heavy (non-hydrogen) atoms. The fourth-order valence-electron chi connectivity index (χ4n) is 1.67. The van der Waals surface area contributed by atoms with Crippen molar-refractivity contribution >= 4 is 25.9 Å². The molecular weight excluding hydrogens is 321 g/mol. The zero-order valence-corrected chi connectivity index (χ0v) is 14.8. The van der Waals surface area contributed by atoms with Gasteiger partial charge in [0.15, 0.2) is 8.30 Å². The van der Waals surface area contributed by atoms with Gasteiger partial charge in [0, 0.05) is 19.1 Å². The molecule has 122 valence electrons. The van der Waals surface area contributed by atoms with Crippen LogP contribution in [0.5, 0.6) is 5.75 Å². The first-order valence-corrected chi connectivity index (χ1v) is 9.34. The van der Waals surface area contributed by atoms with Gasteiger partial charge in [-0.15, -0.1) is 11.6 Å². The maximum absolute atomic E-state index is 11.7. The molecule has 0 aliphatic heterocycles. The number of esters is 1. The number of carbonyl (C=O) groups is 1. The number of halogens is 1. The minimum atomic E-state index is -0.708. The van der Waals surface area contributed by atoms with Crippen molar-refractivity contribution in [2.24, 2.45) is 0 Å². The summed E-state index contributed by atoms with van der Waals surface area (Å²) in [4.78, 5) is 11.7. The molecule has 0 aromatic heterocycles. The van der Waals surface area contributed by atoms with Crippen LogP contribution in [0.1, 0.15) is 23.2 Å². The van der Waals surface area contributed by atoms with Gasteiger partial charge in [-0.1, -0.05) is 12.7 Å². The van der Waals surface area contributed by atoms with Gasteiger partial charge in [-0.05, 0) is 44.2 Å². The Balaban J connectivity index is 2.49. The maximum Gasteiger partial charge on any atom is 0.338 e. The highest BCUT2D eigenvalue weighted by molar-refractivity contribution is 7.49. The van der Waals surface area contributed by atoms with E-state index in [9.17, 15) is 4.79 Å². The van der Waals surface area contributed by atoms with E-state index in [0.29, 0.717) is 11.4 Å². The molecule has 1 unspecified atom stereocenters. The van der Waals surface area contributed by atoms with E-state index in [4.69, 9.17) is 20.9 Å². The number of hydrogen-bond donors (Lipinski definition) is 0. The summed E-state index contributed by atoms with van der Waals surface area (Å²) >= 11 is 5.68. The van der Waals surface area contributed by atoms with Gasteiger partial charge in [0.2, 0.25) is 0 Å². The third-order valence-electron chi connectivity index (χ3n) is 3.01. The molecule has 0 aliphatic carbocycles. The van der Waals surface area contributed by atoms with E-state index in [2.05, 4.69) is 17.9 Å². The Morgan fingerprint density at radius 1 is 1.36 bits per heavy atom. The predicted octanol–water partition coefficient (Wildman–Crippen LogP) is 4.30. The smallest absolute Gasteiger partial charge is 0.338 e. The van der Waals surface area contributed by atoms with E-state index in [1.54, 1.807) is 30.3 Å². The van der Waals surface area contributed by atoms with Gasteiger partial charge >= 0.3 is 5.97 Å². The van der Waals surface area contributed by atoms with Crippen LogP contribution in [0, 0.1) is 0 Å². The lowest BCUT2D eigenvalue weighted by Gasteiger charge is -2.24. The van der Waals surface area contributed by atoms with Gasteiger partial charge < -0.3 is 9.26 Å². The van der Waals surface area contributed by atoms with Crippen molar-refractivity contribution < 1.29 is 14.1 Å². The molecule has 4 nitrogen and oxygen atoms in total. The van der Waals surface area contributed by atoms with E-state index < -0.39 is 8.30 Å². The van der Waals surface area contributed by atoms with Crippen LogP contribution in [0.15, 0.2) is 36.9 Å². The van der Waals surface area contributed by atoms with Crippen LogP contribution < -0.4 is 4.52 Å². The van der Waals surface area contributed by atoms with E-state index in [1.807, 2.05) is 7.05 Å². The lowest BCUT2D eigenvalue weighted by Crippen LogP contribution is -2.15. The monoisotopic (exact) mass is 343 g/mol. The number of rotatable bonds is 10. The zero-order chi connectivity index (χ0) is 16.4. The number of hydrogen-bond acceptors (Lipinski definition) is 4. The largest absolute Gasteiger partial charge is 0.458 e. The molecule has 6 heteroatoms. The fraction of sp³-hybridized carbons (Fsp3) is 0.438. The summed E-state index contributed by atoms with van der Waals surface area (Å²) in [7, 11) is 1.33. The molecule has 0 N–H and O–H groups in total. The summed E-state index contributed by atoms with van der Waals surface area (Å²) in [6, 6.07) is 6.99. The summed E-state index contributed by atoms with van der Waals surface area (Å²) < 4.78 is 13.1. The van der Waals surface area contributed by atoms with Crippen LogP contribution in [0.3, 0.4) is 0 Å². The number of alkyl halides is 1. The molecule has 0 amide bonds. The second-order valence-electron chi connectivity index (χ2n) is 4.74. The van der Waals surface area contributed by atoms with Crippen molar-refractivity contribution in [3.8, 4) is 5.75 Å². The highest BCUT2D eigenvalue weighted by Crippen LogP contribution is 2.37. The van der Waals surface area contributed by atoms with Crippen LogP contribution in [0.25, 0.3) is 0 Å². The molecule has 1 aromatic carbocycles. The van der Waals surface area contributed by atoms with Gasteiger partial charge in [-0.2, -0.15) is 0 Å². The van der Waals surface area contributed by atoms with E-state index >= 15 is 0 Å². The molecule has 1 aromatic rings. The fourth-order valence-corrected chi connectivity index (χ4v) is 2.85. The Morgan fingerprint density at radius 3 is 2.64 bits per heavy atom. The zero-order valence-electron chi connectivity index (χ0n) is 13.1. The standard InChI is InChI=1S/C16H23ClNO3P/c1-4-13-20-16(19)14-7-9-15(10-8-14)21-22(3)18(2)12-6-5-11-17/h4,7-10H,1,5-6,11-13H2,2-3H3. The van der Waals surface area contributed by atoms with Crippen molar-refractivity contribution in [2.45, 2.75) is 12.8 Å². The van der Waals surface area contributed by atoms with Crippen LogP contribution in [0.2, 0.25) is 0 Å². The summed E-state index contributed by atoms with van der Waals surface area (Å²) in [6.45, 7) is 6.74. The Kier molecular flexibility index (Phi) is 9.14. The lowest BCUT2D eigenvalue weighted by molar-refractivity contribution is 0.0550. The number of nitrogens with zero attached hydrogens (tertiary/aromatic N) is 1. The summed E-state index contributed by atoms with van der Waals surface area (Å²) in [6.07, 6.45) is 3.61. The molecule has 0 saturated carbocycles. The second kappa shape index (κ2) is 10.6. The summed E-state index contributed by atoms with van der Waals surface area (Å²) in [5.74, 6) is 1.08. The Morgan fingerprint density at radius 2 is 2.05 bits per heavy atom. The molecule has 0 heterocycles. The van der Waals surface area contributed by atoms with Crippen molar-refractivity contribution in [3.05, 3.63) is 42.5 Å². The highest BCUT2D eigenvalue weighted by atomic mass is 35.5. The topological polar surface area (TPSA) is 38.8 Å². The maximum atomic E-state index is 11.7. The minimum absolute atomic E-state index is 0.213. The third-order valence-corrected chi connectivity index (χ3v) is 4.91. The quantitative estimate of drug-likeness (QED) is 0.209. The molecule has 0 radical (unpaired) electrons. The van der Waals surface area contributed by atoms with Gasteiger partial charge in [0.25, 0.3) is 0 Å². The molecule has 0 fully saturated rings. The van der Waals surface area contributed by atoms with Crippen molar-refractivity contribution in [1.82, 2.24) is 4.67 Å². The molecule has 0 spiro atoms. The average Bonchev–Trinajstić information content (AvgIpc) is 2.53. The molecule has 1 rings (SSSR count). The van der Waals surface area contributed by atoms with Gasteiger partial charge in [0.05, 0.1) is 5.56 Å². The molecule has 0 bridgehead atoms. The Labute approximate surface area is 138 Å². The van der Waals surface area contributed by atoms with E-state index in [1.165, 1.54) is 0 Å². The number of ether oxygens (including phenoxy) is 1. The van der Waals surface area contributed by atoms with E-state index in [0.717, 1.165) is 25.1 Å². The first kappa shape index (κ1) is 19.0. The summed E-state index contributed by atoms with van der Waals surface area (Å²) in [5, 5.41) is 0. The number of benzene rings is 1. The van der Waals surface area contributed by atoms with Crippen molar-refractivity contribution in [2.75, 3.05) is 32.7 Å². The Hall–Kier alpha value is -1.09. The number of unbranched alkanes of at least 4 members (excludes halogenated alkanes) is 1. The average molecular weight is 344 g/mol. The lowest BCUT2D eigenvalue weighted by atomic mass is 10.2. The van der Waals surface area contributed by atoms with E-state index in [-0.39, 0.29) is 12.6 Å². The predicted molar refractivity (Wildman–Crippen MR) is 93.0 cm³/mol. The normalized spacial score (nSPS) is 12.0. The summed E-state index contributed by atoms with van der Waals surface area (Å²) in [5.41, 5.74) is 0.505. The molecular formula is C16H23ClNO3P. The first-order valence-electron chi connectivity index (χ1n) is 7.15. The number of carbonyl (C=O) groups excluding carboxylic acids is 1.